The second-order valence-electron chi connectivity index (χ2n) is 6.06. The Morgan fingerprint density at radius 1 is 1.29 bits per heavy atom. The molecule has 2 N–H and O–H groups in total. The molecule has 1 rings (SSSR count). The third-order valence-electron chi connectivity index (χ3n) is 4.42. The molecule has 5 nitrogen and oxygen atoms in total. The zero-order valence-corrected chi connectivity index (χ0v) is 13.4. The summed E-state index contributed by atoms with van der Waals surface area (Å²) in [6.45, 7) is 4.76. The molecule has 0 aliphatic heterocycles. The fraction of sp³-hybridized carbons (Fsp3) is 0.875. The van der Waals surface area contributed by atoms with Crippen LogP contribution >= 0.6 is 0 Å². The third-order valence-corrected chi connectivity index (χ3v) is 4.42. The number of hydrogen-bond donors (Lipinski definition) is 2. The summed E-state index contributed by atoms with van der Waals surface area (Å²) in [5.74, 6) is -0.445. The quantitative estimate of drug-likeness (QED) is 0.686. The molecule has 1 atom stereocenters. The van der Waals surface area contributed by atoms with Crippen molar-refractivity contribution in [1.82, 2.24) is 10.2 Å². The molecule has 0 aromatic carbocycles. The number of carbonyl (C=O) groups is 2. The van der Waals surface area contributed by atoms with Crippen molar-refractivity contribution in [3.63, 3.8) is 0 Å². The molecule has 1 aliphatic carbocycles. The van der Waals surface area contributed by atoms with Gasteiger partial charge in [-0.1, -0.05) is 46.0 Å². The van der Waals surface area contributed by atoms with Crippen molar-refractivity contribution in [2.75, 3.05) is 13.1 Å². The minimum Gasteiger partial charge on any atom is -0.480 e. The predicted molar refractivity (Wildman–Crippen MR) is 83.3 cm³/mol. The van der Waals surface area contributed by atoms with Gasteiger partial charge in [-0.25, -0.2) is 4.79 Å². The second kappa shape index (κ2) is 9.64. The van der Waals surface area contributed by atoms with Gasteiger partial charge in [-0.05, 0) is 25.2 Å². The lowest BCUT2D eigenvalue weighted by molar-refractivity contribution is -0.138. The van der Waals surface area contributed by atoms with Gasteiger partial charge in [0.05, 0.1) is 0 Å². The van der Waals surface area contributed by atoms with E-state index in [1.165, 1.54) is 11.3 Å². The van der Waals surface area contributed by atoms with Gasteiger partial charge in [0.2, 0.25) is 0 Å². The molecule has 0 aromatic rings. The van der Waals surface area contributed by atoms with Crippen LogP contribution in [0.25, 0.3) is 0 Å². The minimum atomic E-state index is -0.935. The average Bonchev–Trinajstić information content (AvgIpc) is 2.98. The van der Waals surface area contributed by atoms with Crippen LogP contribution in [-0.2, 0) is 4.79 Å². The maximum absolute atomic E-state index is 12.3. The van der Waals surface area contributed by atoms with Crippen LogP contribution in [-0.4, -0.2) is 41.1 Å². The lowest BCUT2D eigenvalue weighted by Crippen LogP contribution is -2.48. The Morgan fingerprint density at radius 3 is 2.48 bits per heavy atom. The maximum Gasteiger partial charge on any atom is 0.323 e. The number of unbranched alkanes of at least 4 members (excludes halogenated alkanes) is 1. The van der Waals surface area contributed by atoms with Crippen LogP contribution in [0.5, 0.6) is 0 Å². The highest BCUT2D eigenvalue weighted by Gasteiger charge is 2.28. The van der Waals surface area contributed by atoms with Gasteiger partial charge in [0, 0.05) is 12.6 Å². The molecule has 0 spiro atoms. The summed E-state index contributed by atoms with van der Waals surface area (Å²) in [5, 5.41) is 12.0. The number of hydrogen-bond acceptors (Lipinski definition) is 2. The molecular weight excluding hydrogens is 268 g/mol. The fourth-order valence-corrected chi connectivity index (χ4v) is 3.00. The number of nitrogens with one attached hydrogen (secondary N) is 1. The Balaban J connectivity index is 2.49. The number of carboxylic acids is 1. The molecule has 1 aliphatic rings. The summed E-state index contributed by atoms with van der Waals surface area (Å²) in [6.07, 6.45) is 8.53. The molecule has 0 radical (unpaired) electrons. The van der Waals surface area contributed by atoms with Crippen molar-refractivity contribution < 1.29 is 14.7 Å². The van der Waals surface area contributed by atoms with E-state index in [4.69, 9.17) is 5.11 Å². The smallest absolute Gasteiger partial charge is 0.323 e. The van der Waals surface area contributed by atoms with Gasteiger partial charge < -0.3 is 15.3 Å². The standard InChI is InChI=1S/C16H30N2O3/c1-3-5-8-13(4-2)11-17-16(21)18(12-15(19)20)14-9-6-7-10-14/h13-14H,3-12H2,1-2H3,(H,17,21)(H,19,20). The molecule has 1 unspecified atom stereocenters. The number of nitrogens with zero attached hydrogens (tertiary/aromatic N) is 1. The van der Waals surface area contributed by atoms with Gasteiger partial charge >= 0.3 is 12.0 Å². The molecule has 1 fully saturated rings. The molecule has 0 heterocycles. The fourth-order valence-electron chi connectivity index (χ4n) is 3.00. The van der Waals surface area contributed by atoms with Crippen LogP contribution in [0.3, 0.4) is 0 Å². The summed E-state index contributed by atoms with van der Waals surface area (Å²) in [5.41, 5.74) is 0. The van der Waals surface area contributed by atoms with Gasteiger partial charge in [0.1, 0.15) is 6.54 Å². The number of aliphatic carboxylic acids is 1. The Kier molecular flexibility index (Phi) is 8.16. The van der Waals surface area contributed by atoms with E-state index in [9.17, 15) is 9.59 Å². The molecule has 0 bridgehead atoms. The first-order chi connectivity index (χ1) is 10.1. The molecular formula is C16H30N2O3. The van der Waals surface area contributed by atoms with E-state index < -0.39 is 5.97 Å². The van der Waals surface area contributed by atoms with Crippen LogP contribution in [0.4, 0.5) is 4.79 Å². The van der Waals surface area contributed by atoms with Crippen LogP contribution in [0, 0.1) is 5.92 Å². The Hall–Kier alpha value is -1.26. The number of urea groups is 1. The zero-order chi connectivity index (χ0) is 15.7. The lowest BCUT2D eigenvalue weighted by Gasteiger charge is -2.28. The van der Waals surface area contributed by atoms with Crippen molar-refractivity contribution in [1.29, 1.82) is 0 Å². The van der Waals surface area contributed by atoms with Crippen molar-refractivity contribution in [3.05, 3.63) is 0 Å². The summed E-state index contributed by atoms with van der Waals surface area (Å²) in [6, 6.07) is -0.115. The molecule has 0 saturated heterocycles. The maximum atomic E-state index is 12.3. The van der Waals surface area contributed by atoms with E-state index in [2.05, 4.69) is 19.2 Å². The highest BCUT2D eigenvalue weighted by molar-refractivity contribution is 5.80. The van der Waals surface area contributed by atoms with E-state index in [1.807, 2.05) is 0 Å². The van der Waals surface area contributed by atoms with Gasteiger partial charge in [0.15, 0.2) is 0 Å². The summed E-state index contributed by atoms with van der Waals surface area (Å²) in [4.78, 5) is 24.8. The normalized spacial score (nSPS) is 16.7. The first-order valence-corrected chi connectivity index (χ1v) is 8.34. The number of rotatable bonds is 9. The van der Waals surface area contributed by atoms with Crippen LogP contribution in [0.1, 0.15) is 65.2 Å². The lowest BCUT2D eigenvalue weighted by atomic mass is 9.99. The molecule has 0 aromatic heterocycles. The highest BCUT2D eigenvalue weighted by Crippen LogP contribution is 2.23. The largest absolute Gasteiger partial charge is 0.480 e. The van der Waals surface area contributed by atoms with Crippen molar-refractivity contribution in [2.45, 2.75) is 71.3 Å². The van der Waals surface area contributed by atoms with E-state index in [1.54, 1.807) is 0 Å². The molecule has 122 valence electrons. The van der Waals surface area contributed by atoms with Crippen molar-refractivity contribution in [3.8, 4) is 0 Å². The number of carboxylic acid groups (broad SMARTS) is 1. The Morgan fingerprint density at radius 2 is 1.95 bits per heavy atom. The van der Waals surface area contributed by atoms with Crippen LogP contribution < -0.4 is 5.32 Å². The summed E-state index contributed by atoms with van der Waals surface area (Å²) >= 11 is 0. The van der Waals surface area contributed by atoms with Crippen molar-refractivity contribution >= 4 is 12.0 Å². The van der Waals surface area contributed by atoms with Gasteiger partial charge in [-0.3, -0.25) is 4.79 Å². The van der Waals surface area contributed by atoms with E-state index >= 15 is 0 Å². The summed E-state index contributed by atoms with van der Waals surface area (Å²) < 4.78 is 0. The van der Waals surface area contributed by atoms with E-state index in [-0.39, 0.29) is 18.6 Å². The van der Waals surface area contributed by atoms with E-state index in [0.29, 0.717) is 12.5 Å². The molecule has 2 amide bonds. The predicted octanol–water partition coefficient (Wildman–Crippen LogP) is 3.24. The summed E-state index contributed by atoms with van der Waals surface area (Å²) in [7, 11) is 0. The molecule has 1 saturated carbocycles. The topological polar surface area (TPSA) is 69.6 Å². The third kappa shape index (κ3) is 6.36. The highest BCUT2D eigenvalue weighted by atomic mass is 16.4. The van der Waals surface area contributed by atoms with E-state index in [0.717, 1.165) is 44.9 Å². The Labute approximate surface area is 128 Å². The number of amides is 2. The van der Waals surface area contributed by atoms with Gasteiger partial charge in [-0.15, -0.1) is 0 Å². The van der Waals surface area contributed by atoms with Crippen LogP contribution in [0.2, 0.25) is 0 Å². The SMILES string of the molecule is CCCCC(CC)CNC(=O)N(CC(=O)O)C1CCCC1. The Bertz CT molecular complexity index is 327. The molecule has 5 heteroatoms. The van der Waals surface area contributed by atoms with Gasteiger partial charge in [-0.2, -0.15) is 0 Å². The zero-order valence-electron chi connectivity index (χ0n) is 13.4. The van der Waals surface area contributed by atoms with Crippen molar-refractivity contribution in [2.24, 2.45) is 5.92 Å². The first kappa shape index (κ1) is 17.8. The first-order valence-electron chi connectivity index (χ1n) is 8.34. The monoisotopic (exact) mass is 298 g/mol. The van der Waals surface area contributed by atoms with Crippen LogP contribution in [0.15, 0.2) is 0 Å². The number of carbonyl (C=O) groups excluding carboxylic acids is 1. The minimum absolute atomic E-state index is 0.0943. The van der Waals surface area contributed by atoms with Gasteiger partial charge in [0.25, 0.3) is 0 Å². The molecule has 21 heavy (non-hydrogen) atoms. The average molecular weight is 298 g/mol. The second-order valence-corrected chi connectivity index (χ2v) is 6.06.